The van der Waals surface area contributed by atoms with Crippen molar-refractivity contribution in [1.82, 2.24) is 9.55 Å². The Labute approximate surface area is 148 Å². The van der Waals surface area contributed by atoms with Gasteiger partial charge in [0.1, 0.15) is 13.2 Å². The molecule has 2 aliphatic rings. The zero-order valence-corrected chi connectivity index (χ0v) is 13.8. The van der Waals surface area contributed by atoms with Crippen molar-refractivity contribution < 1.29 is 9.47 Å². The SMILES string of the molecule is NC1=N[C@H](c2cc(Cl)c3c(c2)OCCO3)n2c(nc3ccccc32)N1. The van der Waals surface area contributed by atoms with Crippen molar-refractivity contribution >= 4 is 34.5 Å². The Morgan fingerprint density at radius 1 is 1.20 bits per heavy atom. The second kappa shape index (κ2) is 5.29. The lowest BCUT2D eigenvalue weighted by molar-refractivity contribution is 0.171. The summed E-state index contributed by atoms with van der Waals surface area (Å²) in [7, 11) is 0. The minimum absolute atomic E-state index is 0.304. The Balaban J connectivity index is 1.72. The van der Waals surface area contributed by atoms with Crippen LogP contribution in [0, 0.1) is 0 Å². The molecule has 0 aliphatic carbocycles. The fraction of sp³-hybridized carbons (Fsp3) is 0.176. The van der Waals surface area contributed by atoms with Gasteiger partial charge in [0.2, 0.25) is 5.95 Å². The summed E-state index contributed by atoms with van der Waals surface area (Å²) in [6.45, 7) is 0.977. The third-order valence-electron chi connectivity index (χ3n) is 4.26. The third-order valence-corrected chi connectivity index (χ3v) is 4.54. The van der Waals surface area contributed by atoms with E-state index in [1.54, 1.807) is 0 Å². The molecule has 0 saturated carbocycles. The molecule has 0 spiro atoms. The van der Waals surface area contributed by atoms with Gasteiger partial charge in [-0.05, 0) is 24.3 Å². The number of ether oxygens (including phenoxy) is 2. The molecule has 25 heavy (non-hydrogen) atoms. The number of imidazole rings is 1. The number of hydrogen-bond donors (Lipinski definition) is 2. The van der Waals surface area contributed by atoms with Gasteiger partial charge >= 0.3 is 0 Å². The predicted octanol–water partition coefficient (Wildman–Crippen LogP) is 2.75. The molecule has 3 N–H and O–H groups in total. The molecule has 1 aromatic heterocycles. The van der Waals surface area contributed by atoms with E-state index in [4.69, 9.17) is 26.8 Å². The van der Waals surface area contributed by atoms with E-state index in [-0.39, 0.29) is 0 Å². The second-order valence-corrected chi connectivity index (χ2v) is 6.24. The number of nitrogens with zero attached hydrogens (tertiary/aromatic N) is 3. The van der Waals surface area contributed by atoms with Crippen LogP contribution >= 0.6 is 11.6 Å². The first-order chi connectivity index (χ1) is 12.2. The van der Waals surface area contributed by atoms with Gasteiger partial charge in [0.15, 0.2) is 23.6 Å². The van der Waals surface area contributed by atoms with E-state index in [0.717, 1.165) is 16.6 Å². The quantitative estimate of drug-likeness (QED) is 0.701. The van der Waals surface area contributed by atoms with Crippen molar-refractivity contribution in [3.05, 3.63) is 47.0 Å². The Hall–Kier alpha value is -2.93. The van der Waals surface area contributed by atoms with Crippen LogP contribution in [-0.2, 0) is 0 Å². The smallest absolute Gasteiger partial charge is 0.212 e. The number of fused-ring (bicyclic) bond motifs is 4. The number of para-hydroxylation sites is 2. The molecule has 2 aliphatic heterocycles. The molecule has 8 heteroatoms. The molecule has 126 valence electrons. The van der Waals surface area contributed by atoms with Crippen molar-refractivity contribution in [2.45, 2.75) is 6.17 Å². The maximum absolute atomic E-state index is 6.40. The highest BCUT2D eigenvalue weighted by molar-refractivity contribution is 6.32. The minimum Gasteiger partial charge on any atom is -0.486 e. The Bertz CT molecular complexity index is 1030. The second-order valence-electron chi connectivity index (χ2n) is 5.83. The topological polar surface area (TPSA) is 86.7 Å². The molecule has 0 amide bonds. The van der Waals surface area contributed by atoms with Crippen molar-refractivity contribution in [2.24, 2.45) is 10.7 Å². The molecule has 7 nitrogen and oxygen atoms in total. The third kappa shape index (κ3) is 2.20. The van der Waals surface area contributed by atoms with Gasteiger partial charge in [-0.1, -0.05) is 23.7 Å². The summed E-state index contributed by atoms with van der Waals surface area (Å²) in [4.78, 5) is 9.15. The van der Waals surface area contributed by atoms with Gasteiger partial charge in [-0.25, -0.2) is 9.98 Å². The standard InChI is InChI=1S/C17H14ClN5O2/c18-10-7-9(8-13-14(10)25-6-5-24-13)15-21-16(19)22-17-20-11-3-1-2-4-12(11)23(15)17/h1-4,7-8,15H,5-6H2,(H3,19,20,21,22)/t15-/m0/s1. The number of aliphatic imine (C=N–C) groups is 1. The van der Waals surface area contributed by atoms with Crippen molar-refractivity contribution in [1.29, 1.82) is 0 Å². The summed E-state index contributed by atoms with van der Waals surface area (Å²) < 4.78 is 13.3. The summed E-state index contributed by atoms with van der Waals surface area (Å²) in [6, 6.07) is 11.6. The molecule has 3 aromatic rings. The number of nitrogens with two attached hydrogens (primary N) is 1. The van der Waals surface area contributed by atoms with Gasteiger partial charge in [-0.3, -0.25) is 9.88 Å². The molecule has 5 rings (SSSR count). The summed E-state index contributed by atoms with van der Waals surface area (Å²) in [5.74, 6) is 2.13. The minimum atomic E-state index is -0.392. The zero-order valence-electron chi connectivity index (χ0n) is 13.1. The Morgan fingerprint density at radius 3 is 2.96 bits per heavy atom. The fourth-order valence-electron chi connectivity index (χ4n) is 3.22. The van der Waals surface area contributed by atoms with Gasteiger partial charge < -0.3 is 15.2 Å². The molecular weight excluding hydrogens is 342 g/mol. The lowest BCUT2D eigenvalue weighted by Gasteiger charge is -2.26. The molecule has 2 aromatic carbocycles. The highest BCUT2D eigenvalue weighted by atomic mass is 35.5. The van der Waals surface area contributed by atoms with Gasteiger partial charge in [0.25, 0.3) is 0 Å². The highest BCUT2D eigenvalue weighted by Crippen LogP contribution is 2.42. The van der Waals surface area contributed by atoms with Gasteiger partial charge in [-0.2, -0.15) is 0 Å². The number of rotatable bonds is 1. The first-order valence-corrected chi connectivity index (χ1v) is 8.25. The van der Waals surface area contributed by atoms with Crippen LogP contribution in [0.5, 0.6) is 11.5 Å². The van der Waals surface area contributed by atoms with Crippen molar-refractivity contribution in [2.75, 3.05) is 18.5 Å². The van der Waals surface area contributed by atoms with E-state index in [9.17, 15) is 0 Å². The first-order valence-electron chi connectivity index (χ1n) is 7.87. The lowest BCUT2D eigenvalue weighted by Crippen LogP contribution is -2.31. The van der Waals surface area contributed by atoms with Crippen molar-refractivity contribution in [3.8, 4) is 11.5 Å². The number of halogens is 1. The molecule has 0 bridgehead atoms. The van der Waals surface area contributed by atoms with Crippen molar-refractivity contribution in [3.63, 3.8) is 0 Å². The maximum Gasteiger partial charge on any atom is 0.212 e. The molecule has 0 radical (unpaired) electrons. The molecular formula is C17H14ClN5O2. The average Bonchev–Trinajstić information content (AvgIpc) is 2.99. The summed E-state index contributed by atoms with van der Waals surface area (Å²) in [5, 5.41) is 3.51. The van der Waals surface area contributed by atoms with Crippen LogP contribution in [0.25, 0.3) is 11.0 Å². The van der Waals surface area contributed by atoms with Crippen LogP contribution < -0.4 is 20.5 Å². The van der Waals surface area contributed by atoms with E-state index in [1.165, 1.54) is 0 Å². The predicted molar refractivity (Wildman–Crippen MR) is 95.6 cm³/mol. The van der Waals surface area contributed by atoms with Crippen LogP contribution in [0.4, 0.5) is 5.95 Å². The molecule has 3 heterocycles. The fourth-order valence-corrected chi connectivity index (χ4v) is 3.49. The van der Waals surface area contributed by atoms with Crippen LogP contribution in [0.3, 0.4) is 0 Å². The number of nitrogens with one attached hydrogen (secondary N) is 1. The number of anilines is 1. The highest BCUT2D eigenvalue weighted by Gasteiger charge is 2.27. The number of guanidine groups is 1. The molecule has 0 fully saturated rings. The van der Waals surface area contributed by atoms with E-state index in [0.29, 0.717) is 41.6 Å². The number of benzene rings is 2. The Morgan fingerprint density at radius 2 is 2.04 bits per heavy atom. The van der Waals surface area contributed by atoms with E-state index in [1.807, 2.05) is 41.0 Å². The monoisotopic (exact) mass is 355 g/mol. The molecule has 0 saturated heterocycles. The molecule has 0 unspecified atom stereocenters. The summed E-state index contributed by atoms with van der Waals surface area (Å²) in [6.07, 6.45) is -0.392. The Kier molecular flexibility index (Phi) is 3.05. The number of aromatic nitrogens is 2. The van der Waals surface area contributed by atoms with E-state index >= 15 is 0 Å². The van der Waals surface area contributed by atoms with Crippen LogP contribution in [0.2, 0.25) is 5.02 Å². The van der Waals surface area contributed by atoms with Crippen LogP contribution in [-0.4, -0.2) is 28.7 Å². The van der Waals surface area contributed by atoms with Gasteiger partial charge in [0.05, 0.1) is 16.1 Å². The van der Waals surface area contributed by atoms with Gasteiger partial charge in [0, 0.05) is 5.56 Å². The lowest BCUT2D eigenvalue weighted by atomic mass is 10.1. The van der Waals surface area contributed by atoms with E-state index < -0.39 is 6.17 Å². The summed E-state index contributed by atoms with van der Waals surface area (Å²) >= 11 is 6.40. The van der Waals surface area contributed by atoms with E-state index in [2.05, 4.69) is 15.3 Å². The largest absolute Gasteiger partial charge is 0.486 e. The first kappa shape index (κ1) is 14.4. The summed E-state index contributed by atoms with van der Waals surface area (Å²) in [5.41, 5.74) is 8.64. The normalized spacial score (nSPS) is 18.4. The van der Waals surface area contributed by atoms with Gasteiger partial charge in [-0.15, -0.1) is 0 Å². The average molecular weight is 356 g/mol. The van der Waals surface area contributed by atoms with Crippen LogP contribution in [0.15, 0.2) is 41.4 Å². The maximum atomic E-state index is 6.40. The molecule has 1 atom stereocenters. The number of hydrogen-bond acceptors (Lipinski definition) is 6. The van der Waals surface area contributed by atoms with Crippen LogP contribution in [0.1, 0.15) is 11.7 Å². The zero-order chi connectivity index (χ0) is 17.0.